The lowest BCUT2D eigenvalue weighted by Gasteiger charge is -2.31. The minimum atomic E-state index is -4.20. The lowest BCUT2D eigenvalue weighted by molar-refractivity contribution is -0.0943. The molecule has 21 heavy (non-hydrogen) atoms. The van der Waals surface area contributed by atoms with Crippen molar-refractivity contribution in [3.8, 4) is 0 Å². The van der Waals surface area contributed by atoms with Crippen molar-refractivity contribution in [2.75, 3.05) is 24.5 Å². The van der Waals surface area contributed by atoms with Crippen molar-refractivity contribution in [3.05, 3.63) is 35.2 Å². The molecule has 0 saturated carbocycles. The molecule has 1 aromatic rings. The third kappa shape index (κ3) is 3.97. The van der Waals surface area contributed by atoms with Gasteiger partial charge in [0.1, 0.15) is 0 Å². The fourth-order valence-electron chi connectivity index (χ4n) is 2.41. The Morgan fingerprint density at radius 2 is 2.14 bits per heavy atom. The minimum absolute atomic E-state index is 0.0333. The molecule has 1 aliphatic rings. The maximum atomic E-state index is 12.7. The Bertz CT molecular complexity index is 523. The van der Waals surface area contributed by atoms with E-state index >= 15 is 0 Å². The average molecular weight is 299 g/mol. The molecule has 0 saturated heterocycles. The van der Waals surface area contributed by atoms with Crippen LogP contribution in [-0.2, 0) is 6.54 Å². The van der Waals surface area contributed by atoms with Gasteiger partial charge in [-0.25, -0.2) is 0 Å². The van der Waals surface area contributed by atoms with E-state index in [9.17, 15) is 13.2 Å². The van der Waals surface area contributed by atoms with Crippen LogP contribution >= 0.6 is 0 Å². The highest BCUT2D eigenvalue weighted by Gasteiger charge is 2.35. The van der Waals surface area contributed by atoms with Crippen molar-refractivity contribution in [1.29, 1.82) is 0 Å². The number of rotatable bonds is 4. The fraction of sp³-hybridized carbons (Fsp3) is 0.533. The Balaban J connectivity index is 2.19. The van der Waals surface area contributed by atoms with Crippen LogP contribution in [0, 0.1) is 6.92 Å². The molecule has 1 N–H and O–H groups in total. The van der Waals surface area contributed by atoms with Crippen molar-refractivity contribution in [2.24, 2.45) is 0 Å². The minimum Gasteiger partial charge on any atom is -0.367 e. The predicted octanol–water partition coefficient (Wildman–Crippen LogP) is 3.20. The summed E-state index contributed by atoms with van der Waals surface area (Å²) in [5.74, 6) is 0. The zero-order chi connectivity index (χ0) is 15.5. The fourth-order valence-corrected chi connectivity index (χ4v) is 2.41. The second-order valence-electron chi connectivity index (χ2n) is 5.16. The van der Waals surface area contributed by atoms with Crippen molar-refractivity contribution in [1.82, 2.24) is 10.3 Å². The van der Waals surface area contributed by atoms with Crippen LogP contribution < -0.4 is 10.2 Å². The van der Waals surface area contributed by atoms with Gasteiger partial charge in [-0.05, 0) is 26.0 Å². The molecular weight excluding hydrogens is 279 g/mol. The van der Waals surface area contributed by atoms with Crippen LogP contribution in [-0.4, -0.2) is 30.8 Å². The van der Waals surface area contributed by atoms with Gasteiger partial charge in [0.05, 0.1) is 0 Å². The summed E-state index contributed by atoms with van der Waals surface area (Å²) < 4.78 is 38.0. The molecule has 0 fully saturated rings. The SMILES string of the molecule is CCNCc1cnc(C)cc1N1CC=C(C(F)(F)F)CC1. The van der Waals surface area contributed by atoms with Gasteiger partial charge < -0.3 is 10.2 Å². The zero-order valence-corrected chi connectivity index (χ0v) is 12.3. The van der Waals surface area contributed by atoms with Gasteiger partial charge in [-0.2, -0.15) is 13.2 Å². The van der Waals surface area contributed by atoms with E-state index in [0.29, 0.717) is 13.1 Å². The van der Waals surface area contributed by atoms with Gasteiger partial charge in [-0.3, -0.25) is 4.98 Å². The lowest BCUT2D eigenvalue weighted by Crippen LogP contribution is -2.33. The molecule has 0 aliphatic carbocycles. The predicted molar refractivity (Wildman–Crippen MR) is 77.3 cm³/mol. The average Bonchev–Trinajstić information content (AvgIpc) is 2.45. The van der Waals surface area contributed by atoms with E-state index in [0.717, 1.165) is 23.5 Å². The molecule has 116 valence electrons. The summed E-state index contributed by atoms with van der Waals surface area (Å²) in [7, 11) is 0. The topological polar surface area (TPSA) is 28.2 Å². The van der Waals surface area contributed by atoms with Crippen LogP contribution in [0.1, 0.15) is 24.6 Å². The summed E-state index contributed by atoms with van der Waals surface area (Å²) in [6, 6.07) is 1.94. The van der Waals surface area contributed by atoms with Gasteiger partial charge in [-0.15, -0.1) is 0 Å². The monoisotopic (exact) mass is 299 g/mol. The first-order valence-electron chi connectivity index (χ1n) is 7.09. The second kappa shape index (κ2) is 6.47. The largest absolute Gasteiger partial charge is 0.412 e. The van der Waals surface area contributed by atoms with Gasteiger partial charge in [0.15, 0.2) is 0 Å². The van der Waals surface area contributed by atoms with Gasteiger partial charge in [0.25, 0.3) is 0 Å². The third-order valence-corrected chi connectivity index (χ3v) is 3.58. The summed E-state index contributed by atoms with van der Waals surface area (Å²) in [5.41, 5.74) is 2.45. The van der Waals surface area contributed by atoms with Crippen LogP contribution in [0.3, 0.4) is 0 Å². The molecule has 6 heteroatoms. The Kier molecular flexibility index (Phi) is 4.88. The van der Waals surface area contributed by atoms with Crippen molar-refractivity contribution >= 4 is 5.69 Å². The summed E-state index contributed by atoms with van der Waals surface area (Å²) >= 11 is 0. The first kappa shape index (κ1) is 15.8. The maximum Gasteiger partial charge on any atom is 0.412 e. The molecule has 0 aromatic carbocycles. The third-order valence-electron chi connectivity index (χ3n) is 3.58. The molecule has 2 heterocycles. The number of nitrogens with one attached hydrogen (secondary N) is 1. The van der Waals surface area contributed by atoms with Crippen LogP contribution in [0.15, 0.2) is 23.9 Å². The number of aromatic nitrogens is 1. The van der Waals surface area contributed by atoms with Gasteiger partial charge in [0, 0.05) is 48.3 Å². The van der Waals surface area contributed by atoms with E-state index < -0.39 is 11.7 Å². The van der Waals surface area contributed by atoms with E-state index in [2.05, 4.69) is 10.3 Å². The number of aryl methyl sites for hydroxylation is 1. The van der Waals surface area contributed by atoms with Crippen LogP contribution in [0.25, 0.3) is 0 Å². The Morgan fingerprint density at radius 3 is 2.71 bits per heavy atom. The number of nitrogens with zero attached hydrogens (tertiary/aromatic N) is 2. The molecule has 2 rings (SSSR count). The molecule has 0 spiro atoms. The van der Waals surface area contributed by atoms with E-state index in [4.69, 9.17) is 0 Å². The number of hydrogen-bond acceptors (Lipinski definition) is 3. The normalized spacial score (nSPS) is 16.0. The first-order valence-corrected chi connectivity index (χ1v) is 7.09. The molecular formula is C15H20F3N3. The second-order valence-corrected chi connectivity index (χ2v) is 5.16. The van der Waals surface area contributed by atoms with E-state index in [-0.39, 0.29) is 13.0 Å². The highest BCUT2D eigenvalue weighted by atomic mass is 19.4. The summed E-state index contributed by atoms with van der Waals surface area (Å²) in [5, 5.41) is 3.23. The number of anilines is 1. The Labute approximate surface area is 122 Å². The lowest BCUT2D eigenvalue weighted by atomic mass is 10.1. The summed E-state index contributed by atoms with van der Waals surface area (Å²) in [6.45, 7) is 6.09. The van der Waals surface area contributed by atoms with E-state index in [1.807, 2.05) is 24.8 Å². The van der Waals surface area contributed by atoms with Crippen LogP contribution in [0.2, 0.25) is 0 Å². The zero-order valence-electron chi connectivity index (χ0n) is 12.3. The van der Waals surface area contributed by atoms with E-state index in [1.54, 1.807) is 6.20 Å². The maximum absolute atomic E-state index is 12.7. The number of halogens is 3. The van der Waals surface area contributed by atoms with Gasteiger partial charge in [0.2, 0.25) is 0 Å². The van der Waals surface area contributed by atoms with Crippen molar-refractivity contribution in [2.45, 2.75) is 33.0 Å². The first-order chi connectivity index (χ1) is 9.91. The van der Waals surface area contributed by atoms with Crippen molar-refractivity contribution in [3.63, 3.8) is 0 Å². The standard InChI is InChI=1S/C15H20F3N3/c1-3-19-9-12-10-20-11(2)8-14(12)21-6-4-13(5-7-21)15(16,17)18/h4,8,10,19H,3,5-7,9H2,1-2H3. The summed E-state index contributed by atoms with van der Waals surface area (Å²) in [4.78, 5) is 6.26. The highest BCUT2D eigenvalue weighted by molar-refractivity contribution is 5.55. The van der Waals surface area contributed by atoms with Crippen LogP contribution in [0.4, 0.5) is 18.9 Å². The molecule has 0 radical (unpaired) electrons. The summed E-state index contributed by atoms with van der Waals surface area (Å²) in [6.07, 6.45) is -1.08. The van der Waals surface area contributed by atoms with Gasteiger partial charge in [-0.1, -0.05) is 13.0 Å². The Morgan fingerprint density at radius 1 is 1.38 bits per heavy atom. The molecule has 3 nitrogen and oxygen atoms in total. The molecule has 0 bridgehead atoms. The molecule has 0 unspecified atom stereocenters. The highest BCUT2D eigenvalue weighted by Crippen LogP contribution is 2.32. The molecule has 0 atom stereocenters. The Hall–Kier alpha value is -1.56. The smallest absolute Gasteiger partial charge is 0.367 e. The van der Waals surface area contributed by atoms with E-state index in [1.165, 1.54) is 6.08 Å². The number of alkyl halides is 3. The molecule has 1 aliphatic heterocycles. The quantitative estimate of drug-likeness (QED) is 0.865. The van der Waals surface area contributed by atoms with Gasteiger partial charge >= 0.3 is 6.18 Å². The number of pyridine rings is 1. The number of hydrogen-bond donors (Lipinski definition) is 1. The van der Waals surface area contributed by atoms with Crippen LogP contribution in [0.5, 0.6) is 0 Å². The van der Waals surface area contributed by atoms with Crippen molar-refractivity contribution < 1.29 is 13.2 Å². The molecule has 0 amide bonds. The molecule has 1 aromatic heterocycles.